The average molecular weight is 331 g/mol. The third kappa shape index (κ3) is 30.3. The van der Waals surface area contributed by atoms with Gasteiger partial charge < -0.3 is 19.2 Å². The van der Waals surface area contributed by atoms with Crippen LogP contribution in [0, 0.1) is 13.8 Å². The van der Waals surface area contributed by atoms with E-state index in [1.165, 1.54) is 51.4 Å². The van der Waals surface area contributed by atoms with E-state index < -0.39 is 0 Å². The summed E-state index contributed by atoms with van der Waals surface area (Å²) in [7, 11) is 1.91. The largest absolute Gasteiger partial charge is 3.00 e. The molecule has 0 fully saturated rings. The van der Waals surface area contributed by atoms with Gasteiger partial charge in [0.25, 0.3) is 0 Å². The van der Waals surface area contributed by atoms with Crippen molar-refractivity contribution in [3.63, 3.8) is 0 Å². The van der Waals surface area contributed by atoms with Crippen molar-refractivity contribution in [3.05, 3.63) is 19.2 Å². The van der Waals surface area contributed by atoms with Gasteiger partial charge in [-0.2, -0.15) is 19.9 Å². The van der Waals surface area contributed by atoms with Crippen molar-refractivity contribution in [2.24, 2.45) is 0 Å². The van der Waals surface area contributed by atoms with E-state index in [1.807, 2.05) is 7.05 Å². The van der Waals surface area contributed by atoms with E-state index in [2.05, 4.69) is 39.4 Å². The molecule has 0 aliphatic rings. The Morgan fingerprint density at radius 3 is 1.94 bits per heavy atom. The van der Waals surface area contributed by atoms with Crippen LogP contribution in [0.5, 0.6) is 0 Å². The zero-order valence-electron chi connectivity index (χ0n) is 13.8. The second-order valence-electron chi connectivity index (χ2n) is 4.44. The molecule has 108 valence electrons. The Hall–Kier alpha value is 1.06. The van der Waals surface area contributed by atoms with Crippen LogP contribution in [0.2, 0.25) is 0 Å². The van der Waals surface area contributed by atoms with E-state index in [9.17, 15) is 0 Å². The first-order valence-electron chi connectivity index (χ1n) is 7.13. The molecule has 0 aliphatic heterocycles. The van der Waals surface area contributed by atoms with E-state index in [-0.39, 0.29) is 40.1 Å². The molecule has 0 rings (SSSR count). The standard InChI is InChI=1S/C9H20N.C6H13.CH3.Y/c1-4-5-6-7-8-9(2)10-3;1-3-5-6-4-2;;/h9H,4-8H2,1-3H3;5H,3-4,6H2,1-2H3;1H3;/q3*-1;+3. The fourth-order valence-corrected chi connectivity index (χ4v) is 1.40. The Morgan fingerprint density at radius 1 is 1.00 bits per heavy atom. The van der Waals surface area contributed by atoms with Crippen LogP contribution >= 0.6 is 0 Å². The Kier molecular flexibility index (Phi) is 40.5. The summed E-state index contributed by atoms with van der Waals surface area (Å²) in [6.45, 7) is 8.81. The molecule has 1 nitrogen and oxygen atoms in total. The van der Waals surface area contributed by atoms with Gasteiger partial charge in [-0.05, 0) is 0 Å². The van der Waals surface area contributed by atoms with Gasteiger partial charge in [0.15, 0.2) is 0 Å². The van der Waals surface area contributed by atoms with Gasteiger partial charge >= 0.3 is 32.7 Å². The molecular weight excluding hydrogens is 295 g/mol. The van der Waals surface area contributed by atoms with Crippen molar-refractivity contribution < 1.29 is 32.7 Å². The van der Waals surface area contributed by atoms with Crippen LogP contribution < -0.4 is 0 Å². The molecule has 0 saturated carbocycles. The molecular formula is C16H36NY. The van der Waals surface area contributed by atoms with E-state index in [1.54, 1.807) is 0 Å². The predicted molar refractivity (Wildman–Crippen MR) is 83.4 cm³/mol. The molecule has 0 aliphatic carbocycles. The van der Waals surface area contributed by atoms with Crippen molar-refractivity contribution in [1.82, 2.24) is 0 Å². The SMILES string of the molecule is CCCCCCC(C)[N-]C.CC[CH-]CCC.[CH3-].[Y+3]. The van der Waals surface area contributed by atoms with Crippen molar-refractivity contribution in [2.45, 2.75) is 85.1 Å². The summed E-state index contributed by atoms with van der Waals surface area (Å²) in [5.74, 6) is 0. The number of rotatable bonds is 9. The van der Waals surface area contributed by atoms with Crippen LogP contribution in [0.1, 0.15) is 79.1 Å². The Balaban J connectivity index is -0.000000108. The van der Waals surface area contributed by atoms with Crippen LogP contribution in [0.4, 0.5) is 0 Å². The topological polar surface area (TPSA) is 14.1 Å². The maximum atomic E-state index is 4.19. The van der Waals surface area contributed by atoms with E-state index in [0.29, 0.717) is 6.04 Å². The fourth-order valence-electron chi connectivity index (χ4n) is 1.40. The second-order valence-corrected chi connectivity index (χ2v) is 4.44. The quantitative estimate of drug-likeness (QED) is 0.353. The summed E-state index contributed by atoms with van der Waals surface area (Å²) in [5.41, 5.74) is 0. The third-order valence-electron chi connectivity index (χ3n) is 2.70. The molecule has 0 N–H and O–H groups in total. The Bertz CT molecular complexity index is 103. The van der Waals surface area contributed by atoms with Crippen molar-refractivity contribution >= 4 is 0 Å². The van der Waals surface area contributed by atoms with Crippen LogP contribution in [-0.2, 0) is 32.7 Å². The number of hydrogen-bond acceptors (Lipinski definition) is 0. The summed E-state index contributed by atoms with van der Waals surface area (Å²) in [5, 5.41) is 4.19. The Labute approximate surface area is 143 Å². The van der Waals surface area contributed by atoms with Crippen LogP contribution in [-0.4, -0.2) is 13.1 Å². The van der Waals surface area contributed by atoms with Gasteiger partial charge in [-0.25, -0.2) is 0 Å². The van der Waals surface area contributed by atoms with Gasteiger partial charge in [0, 0.05) is 0 Å². The average Bonchev–Trinajstić information content (AvgIpc) is 2.32. The number of unbranched alkanes of at least 4 members (excludes halogenated alkanes) is 6. The van der Waals surface area contributed by atoms with Crippen LogP contribution in [0.15, 0.2) is 0 Å². The first-order chi connectivity index (χ1) is 7.72. The van der Waals surface area contributed by atoms with Gasteiger partial charge in [0.1, 0.15) is 0 Å². The van der Waals surface area contributed by atoms with Crippen LogP contribution in [0.25, 0.3) is 5.32 Å². The minimum atomic E-state index is 0. The zero-order chi connectivity index (χ0) is 12.6. The maximum Gasteiger partial charge on any atom is 3.00 e. The van der Waals surface area contributed by atoms with E-state index >= 15 is 0 Å². The van der Waals surface area contributed by atoms with Gasteiger partial charge in [-0.1, -0.05) is 66.2 Å². The van der Waals surface area contributed by atoms with Crippen molar-refractivity contribution in [2.75, 3.05) is 7.05 Å². The minimum absolute atomic E-state index is 0. The van der Waals surface area contributed by atoms with Crippen molar-refractivity contribution in [1.29, 1.82) is 0 Å². The summed E-state index contributed by atoms with van der Waals surface area (Å²) in [6.07, 6.45) is 12.9. The first-order valence-corrected chi connectivity index (χ1v) is 7.13. The van der Waals surface area contributed by atoms with Crippen molar-refractivity contribution in [3.8, 4) is 0 Å². The fraction of sp³-hybridized carbons (Fsp3) is 0.875. The normalized spacial score (nSPS) is 10.5. The summed E-state index contributed by atoms with van der Waals surface area (Å²) in [6, 6.07) is 0.580. The second kappa shape index (κ2) is 26.6. The number of nitrogens with zero attached hydrogens (tertiary/aromatic N) is 1. The van der Waals surface area contributed by atoms with Crippen LogP contribution in [0.3, 0.4) is 0 Å². The maximum absolute atomic E-state index is 4.19. The summed E-state index contributed by atoms with van der Waals surface area (Å²) in [4.78, 5) is 0. The molecule has 0 bridgehead atoms. The molecule has 0 aromatic carbocycles. The van der Waals surface area contributed by atoms with E-state index in [0.717, 1.165) is 0 Å². The molecule has 0 aromatic heterocycles. The summed E-state index contributed by atoms with van der Waals surface area (Å²) < 4.78 is 0. The van der Waals surface area contributed by atoms with E-state index in [4.69, 9.17) is 0 Å². The molecule has 0 spiro atoms. The number of hydrogen-bond donors (Lipinski definition) is 0. The molecule has 0 radical (unpaired) electrons. The first kappa shape index (κ1) is 27.4. The minimum Gasteiger partial charge on any atom is -0.662 e. The van der Waals surface area contributed by atoms with Gasteiger partial charge in [0.2, 0.25) is 0 Å². The monoisotopic (exact) mass is 331 g/mol. The van der Waals surface area contributed by atoms with Gasteiger partial charge in [-0.3, -0.25) is 0 Å². The molecule has 0 aromatic rings. The predicted octanol–water partition coefficient (Wildman–Crippen LogP) is 6.20. The zero-order valence-corrected chi connectivity index (χ0v) is 16.7. The molecule has 2 heteroatoms. The molecule has 1 atom stereocenters. The molecule has 0 amide bonds. The Morgan fingerprint density at radius 2 is 1.61 bits per heavy atom. The molecule has 0 heterocycles. The molecule has 1 unspecified atom stereocenters. The third-order valence-corrected chi connectivity index (χ3v) is 2.70. The van der Waals surface area contributed by atoms with Gasteiger partial charge in [-0.15, -0.1) is 6.04 Å². The molecule has 0 saturated heterocycles. The van der Waals surface area contributed by atoms with Gasteiger partial charge in [0.05, 0.1) is 0 Å². The molecule has 18 heavy (non-hydrogen) atoms. The smallest absolute Gasteiger partial charge is 0.662 e. The summed E-state index contributed by atoms with van der Waals surface area (Å²) >= 11 is 0.